The van der Waals surface area contributed by atoms with Gasteiger partial charge in [-0.3, -0.25) is 9.59 Å². The Bertz CT molecular complexity index is 392. The van der Waals surface area contributed by atoms with Gasteiger partial charge in [-0.1, -0.05) is 24.3 Å². The van der Waals surface area contributed by atoms with E-state index in [1.54, 1.807) is 6.92 Å². The van der Waals surface area contributed by atoms with E-state index in [2.05, 4.69) is 0 Å². The Kier molecular flexibility index (Phi) is 4.88. The van der Waals surface area contributed by atoms with Gasteiger partial charge in [0.2, 0.25) is 0 Å². The predicted molar refractivity (Wildman–Crippen MR) is 66.0 cm³/mol. The number of esters is 1. The summed E-state index contributed by atoms with van der Waals surface area (Å²) >= 11 is 0. The van der Waals surface area contributed by atoms with Crippen LogP contribution in [0.15, 0.2) is 24.3 Å². The fourth-order valence-corrected chi connectivity index (χ4v) is 1.62. The topological polar surface area (TPSA) is 43.4 Å². The van der Waals surface area contributed by atoms with Crippen LogP contribution in [0.5, 0.6) is 0 Å². The standard InChI is InChI=1S/C14H18O3/c1-10(17-12(3)16)4-5-13-6-8-14(9-7-13)11(2)15/h6-10H,4-5H2,1-3H3. The number of aryl methyl sites for hydroxylation is 1. The van der Waals surface area contributed by atoms with Gasteiger partial charge in [0.1, 0.15) is 0 Å². The highest BCUT2D eigenvalue weighted by molar-refractivity contribution is 5.93. The zero-order valence-corrected chi connectivity index (χ0v) is 10.5. The summed E-state index contributed by atoms with van der Waals surface area (Å²) in [6, 6.07) is 7.54. The van der Waals surface area contributed by atoms with E-state index < -0.39 is 0 Å². The smallest absolute Gasteiger partial charge is 0.302 e. The Morgan fingerprint density at radius 2 is 1.76 bits per heavy atom. The Hall–Kier alpha value is -1.64. The Labute approximate surface area is 102 Å². The van der Waals surface area contributed by atoms with Crippen LogP contribution in [0.3, 0.4) is 0 Å². The molecule has 0 saturated carbocycles. The lowest BCUT2D eigenvalue weighted by molar-refractivity contribution is -0.145. The second kappa shape index (κ2) is 6.18. The van der Waals surface area contributed by atoms with Gasteiger partial charge in [0.15, 0.2) is 5.78 Å². The van der Waals surface area contributed by atoms with Crippen molar-refractivity contribution in [1.82, 2.24) is 0 Å². The van der Waals surface area contributed by atoms with Gasteiger partial charge in [-0.05, 0) is 32.3 Å². The molecule has 1 unspecified atom stereocenters. The van der Waals surface area contributed by atoms with Gasteiger partial charge in [0.05, 0.1) is 6.10 Å². The molecule has 0 radical (unpaired) electrons. The van der Waals surface area contributed by atoms with E-state index >= 15 is 0 Å². The van der Waals surface area contributed by atoms with Crippen molar-refractivity contribution in [3.8, 4) is 0 Å². The number of Topliss-reactive ketones (excluding diaryl/α,β-unsaturated/α-hetero) is 1. The molecule has 17 heavy (non-hydrogen) atoms. The van der Waals surface area contributed by atoms with Crippen molar-refractivity contribution in [2.45, 2.75) is 39.7 Å². The van der Waals surface area contributed by atoms with Gasteiger partial charge in [0.25, 0.3) is 0 Å². The van der Waals surface area contributed by atoms with E-state index in [1.807, 2.05) is 31.2 Å². The molecular formula is C14H18O3. The molecule has 0 bridgehead atoms. The summed E-state index contributed by atoms with van der Waals surface area (Å²) in [5.41, 5.74) is 1.87. The Morgan fingerprint density at radius 3 is 2.24 bits per heavy atom. The van der Waals surface area contributed by atoms with Gasteiger partial charge in [-0.15, -0.1) is 0 Å². The molecule has 0 aromatic heterocycles. The summed E-state index contributed by atoms with van der Waals surface area (Å²) in [6.07, 6.45) is 1.56. The van der Waals surface area contributed by atoms with Crippen LogP contribution in [0.1, 0.15) is 43.1 Å². The summed E-state index contributed by atoms with van der Waals surface area (Å²) in [4.78, 5) is 21.8. The summed E-state index contributed by atoms with van der Waals surface area (Å²) in [5.74, 6) is -0.172. The number of ketones is 1. The van der Waals surface area contributed by atoms with Crippen molar-refractivity contribution in [3.63, 3.8) is 0 Å². The van der Waals surface area contributed by atoms with Crippen molar-refractivity contribution >= 4 is 11.8 Å². The van der Waals surface area contributed by atoms with Crippen LogP contribution in [-0.4, -0.2) is 17.9 Å². The van der Waals surface area contributed by atoms with E-state index in [9.17, 15) is 9.59 Å². The first-order chi connectivity index (χ1) is 7.99. The monoisotopic (exact) mass is 234 g/mol. The van der Waals surface area contributed by atoms with Crippen molar-refractivity contribution in [1.29, 1.82) is 0 Å². The lowest BCUT2D eigenvalue weighted by Crippen LogP contribution is -2.12. The summed E-state index contributed by atoms with van der Waals surface area (Å²) < 4.78 is 5.04. The van der Waals surface area contributed by atoms with Crippen molar-refractivity contribution in [3.05, 3.63) is 35.4 Å². The maximum atomic E-state index is 11.1. The molecule has 1 rings (SSSR count). The van der Waals surface area contributed by atoms with Crippen LogP contribution in [0, 0.1) is 0 Å². The molecule has 1 aromatic rings. The fraction of sp³-hybridized carbons (Fsp3) is 0.429. The van der Waals surface area contributed by atoms with Crippen LogP contribution in [0.25, 0.3) is 0 Å². The Balaban J connectivity index is 2.47. The van der Waals surface area contributed by atoms with E-state index in [0.29, 0.717) is 0 Å². The third kappa shape index (κ3) is 4.81. The average Bonchev–Trinajstić information content (AvgIpc) is 2.26. The minimum Gasteiger partial charge on any atom is -0.463 e. The van der Waals surface area contributed by atoms with Gasteiger partial charge >= 0.3 is 5.97 Å². The summed E-state index contributed by atoms with van der Waals surface area (Å²) in [5, 5.41) is 0. The molecule has 0 spiro atoms. The first-order valence-corrected chi connectivity index (χ1v) is 5.76. The van der Waals surface area contributed by atoms with Crippen molar-refractivity contribution in [2.24, 2.45) is 0 Å². The van der Waals surface area contributed by atoms with Crippen LogP contribution < -0.4 is 0 Å². The molecule has 0 heterocycles. The third-order valence-electron chi connectivity index (χ3n) is 2.57. The van der Waals surface area contributed by atoms with Gasteiger partial charge in [0, 0.05) is 12.5 Å². The molecule has 0 aliphatic heterocycles. The van der Waals surface area contributed by atoms with Crippen LogP contribution in [0.4, 0.5) is 0 Å². The number of hydrogen-bond donors (Lipinski definition) is 0. The fourth-order valence-electron chi connectivity index (χ4n) is 1.62. The van der Waals surface area contributed by atoms with Crippen LogP contribution in [-0.2, 0) is 16.0 Å². The van der Waals surface area contributed by atoms with E-state index in [4.69, 9.17) is 4.74 Å². The molecule has 3 heteroatoms. The predicted octanol–water partition coefficient (Wildman–Crippen LogP) is 2.77. The number of carbonyl (C=O) groups is 2. The molecule has 0 saturated heterocycles. The summed E-state index contributed by atoms with van der Waals surface area (Å²) in [7, 11) is 0. The second-order valence-corrected chi connectivity index (χ2v) is 4.21. The molecule has 0 fully saturated rings. The summed E-state index contributed by atoms with van der Waals surface area (Å²) in [6.45, 7) is 4.85. The quantitative estimate of drug-likeness (QED) is 0.581. The number of hydrogen-bond acceptors (Lipinski definition) is 3. The zero-order chi connectivity index (χ0) is 12.8. The molecule has 3 nitrogen and oxygen atoms in total. The molecule has 0 amide bonds. The zero-order valence-electron chi connectivity index (χ0n) is 10.5. The second-order valence-electron chi connectivity index (χ2n) is 4.21. The highest BCUT2D eigenvalue weighted by Crippen LogP contribution is 2.10. The molecular weight excluding hydrogens is 216 g/mol. The van der Waals surface area contributed by atoms with Gasteiger partial charge < -0.3 is 4.74 Å². The highest BCUT2D eigenvalue weighted by Gasteiger charge is 2.06. The van der Waals surface area contributed by atoms with Gasteiger partial charge in [-0.25, -0.2) is 0 Å². The normalized spacial score (nSPS) is 11.9. The van der Waals surface area contributed by atoms with Crippen molar-refractivity contribution < 1.29 is 14.3 Å². The Morgan fingerprint density at radius 1 is 1.18 bits per heavy atom. The molecule has 0 aliphatic rings. The first kappa shape index (κ1) is 13.4. The molecule has 0 N–H and O–H groups in total. The van der Waals surface area contributed by atoms with E-state index in [0.717, 1.165) is 24.0 Å². The number of ether oxygens (including phenoxy) is 1. The maximum Gasteiger partial charge on any atom is 0.302 e. The molecule has 1 aromatic carbocycles. The number of carbonyl (C=O) groups excluding carboxylic acids is 2. The number of rotatable bonds is 5. The third-order valence-corrected chi connectivity index (χ3v) is 2.57. The maximum absolute atomic E-state index is 11.1. The molecule has 0 aliphatic carbocycles. The first-order valence-electron chi connectivity index (χ1n) is 5.76. The SMILES string of the molecule is CC(=O)OC(C)CCc1ccc(C(C)=O)cc1. The average molecular weight is 234 g/mol. The largest absolute Gasteiger partial charge is 0.463 e. The van der Waals surface area contributed by atoms with E-state index in [1.165, 1.54) is 6.92 Å². The lowest BCUT2D eigenvalue weighted by Gasteiger charge is -2.11. The lowest BCUT2D eigenvalue weighted by atomic mass is 10.0. The molecule has 1 atom stereocenters. The van der Waals surface area contributed by atoms with Crippen LogP contribution >= 0.6 is 0 Å². The minimum absolute atomic E-state index is 0.0695. The van der Waals surface area contributed by atoms with E-state index in [-0.39, 0.29) is 17.9 Å². The molecule has 92 valence electrons. The highest BCUT2D eigenvalue weighted by atomic mass is 16.5. The minimum atomic E-state index is -0.246. The van der Waals surface area contributed by atoms with Crippen LogP contribution in [0.2, 0.25) is 0 Å². The van der Waals surface area contributed by atoms with Gasteiger partial charge in [-0.2, -0.15) is 0 Å². The van der Waals surface area contributed by atoms with Crippen molar-refractivity contribution in [2.75, 3.05) is 0 Å². The number of benzene rings is 1.